The fourth-order valence-electron chi connectivity index (χ4n) is 1.84. The molecule has 0 aliphatic heterocycles. The third-order valence-corrected chi connectivity index (χ3v) is 4.12. The highest BCUT2D eigenvalue weighted by Crippen LogP contribution is 2.14. The highest BCUT2D eigenvalue weighted by Gasteiger charge is 2.07. The summed E-state index contributed by atoms with van der Waals surface area (Å²) >= 11 is 1.58. The summed E-state index contributed by atoms with van der Waals surface area (Å²) in [6, 6.07) is 7.71. The molecule has 0 atom stereocenters. The minimum absolute atomic E-state index is 0.0545. The van der Waals surface area contributed by atoms with Crippen molar-refractivity contribution >= 4 is 17.2 Å². The summed E-state index contributed by atoms with van der Waals surface area (Å²) in [7, 11) is 0. The topological polar surface area (TPSA) is 55.1 Å². The van der Waals surface area contributed by atoms with E-state index in [1.807, 2.05) is 43.5 Å². The highest BCUT2D eigenvalue weighted by molar-refractivity contribution is 7.10. The minimum atomic E-state index is -0.0545. The first kappa shape index (κ1) is 15.3. The first-order valence-corrected chi connectivity index (χ1v) is 7.60. The number of aryl methyl sites for hydroxylation is 2. The quantitative estimate of drug-likeness (QED) is 0.856. The lowest BCUT2D eigenvalue weighted by Gasteiger charge is -2.06. The molecule has 0 saturated heterocycles. The van der Waals surface area contributed by atoms with Crippen molar-refractivity contribution in [1.29, 1.82) is 0 Å². The molecule has 0 unspecified atom stereocenters. The summed E-state index contributed by atoms with van der Waals surface area (Å²) in [5.41, 5.74) is 9.29. The number of benzene rings is 1. The standard InChI is InChI=1S/C17H18N2OS/c1-12-5-6-15(8-13(12)2)17(20)19-10-16-9-14(11-21-16)4-3-7-18/h5-6,8-9,11H,7,10,18H2,1-2H3,(H,19,20). The van der Waals surface area contributed by atoms with Crippen LogP contribution in [0.1, 0.15) is 31.9 Å². The number of nitrogens with two attached hydrogens (primary N) is 1. The van der Waals surface area contributed by atoms with E-state index in [9.17, 15) is 4.79 Å². The zero-order valence-electron chi connectivity index (χ0n) is 12.2. The fourth-order valence-corrected chi connectivity index (χ4v) is 2.60. The first-order chi connectivity index (χ1) is 10.1. The normalized spacial score (nSPS) is 9.86. The summed E-state index contributed by atoms with van der Waals surface area (Å²) in [5.74, 6) is 5.74. The number of carbonyl (C=O) groups is 1. The lowest BCUT2D eigenvalue weighted by Crippen LogP contribution is -2.22. The van der Waals surface area contributed by atoms with E-state index in [4.69, 9.17) is 5.73 Å². The second-order valence-electron chi connectivity index (χ2n) is 4.79. The molecule has 2 aromatic rings. The highest BCUT2D eigenvalue weighted by atomic mass is 32.1. The molecular formula is C17H18N2OS. The average molecular weight is 298 g/mol. The van der Waals surface area contributed by atoms with Crippen LogP contribution in [-0.2, 0) is 6.54 Å². The van der Waals surface area contributed by atoms with Gasteiger partial charge in [-0.25, -0.2) is 0 Å². The van der Waals surface area contributed by atoms with Crippen LogP contribution in [0.4, 0.5) is 0 Å². The Morgan fingerprint density at radius 3 is 2.81 bits per heavy atom. The molecule has 21 heavy (non-hydrogen) atoms. The SMILES string of the molecule is Cc1ccc(C(=O)NCc2cc(C#CCN)cs2)cc1C. The van der Waals surface area contributed by atoms with E-state index in [0.29, 0.717) is 18.7 Å². The summed E-state index contributed by atoms with van der Waals surface area (Å²) in [6.07, 6.45) is 0. The van der Waals surface area contributed by atoms with Crippen LogP contribution in [-0.4, -0.2) is 12.5 Å². The van der Waals surface area contributed by atoms with Crippen LogP contribution < -0.4 is 11.1 Å². The Morgan fingerprint density at radius 1 is 1.29 bits per heavy atom. The Bertz CT molecular complexity index is 707. The summed E-state index contributed by atoms with van der Waals surface area (Å²) < 4.78 is 0. The molecule has 108 valence electrons. The van der Waals surface area contributed by atoms with Crippen LogP contribution in [0.15, 0.2) is 29.6 Å². The Kier molecular flexibility index (Phi) is 5.15. The molecule has 3 N–H and O–H groups in total. The molecule has 3 nitrogen and oxygen atoms in total. The van der Waals surface area contributed by atoms with Gasteiger partial charge in [0, 0.05) is 21.4 Å². The van der Waals surface area contributed by atoms with Crippen molar-refractivity contribution < 1.29 is 4.79 Å². The Hall–Kier alpha value is -2.09. The van der Waals surface area contributed by atoms with E-state index >= 15 is 0 Å². The van der Waals surface area contributed by atoms with Crippen molar-refractivity contribution in [2.45, 2.75) is 20.4 Å². The van der Waals surface area contributed by atoms with Gasteiger partial charge in [0.15, 0.2) is 0 Å². The number of carbonyl (C=O) groups excluding carboxylic acids is 1. The Labute approximate surface area is 129 Å². The van der Waals surface area contributed by atoms with Gasteiger partial charge in [-0.05, 0) is 43.2 Å². The Morgan fingerprint density at radius 2 is 2.10 bits per heavy atom. The third kappa shape index (κ3) is 4.19. The number of thiophene rings is 1. The van der Waals surface area contributed by atoms with Crippen molar-refractivity contribution in [3.63, 3.8) is 0 Å². The van der Waals surface area contributed by atoms with Gasteiger partial charge in [0.2, 0.25) is 0 Å². The van der Waals surface area contributed by atoms with Crippen molar-refractivity contribution in [3.8, 4) is 11.8 Å². The van der Waals surface area contributed by atoms with Gasteiger partial charge in [0.1, 0.15) is 0 Å². The summed E-state index contributed by atoms with van der Waals surface area (Å²) in [4.78, 5) is 13.2. The van der Waals surface area contributed by atoms with Gasteiger partial charge in [0.05, 0.1) is 13.1 Å². The molecule has 4 heteroatoms. The third-order valence-electron chi connectivity index (χ3n) is 3.18. The minimum Gasteiger partial charge on any atom is -0.347 e. The lowest BCUT2D eigenvalue weighted by molar-refractivity contribution is 0.0951. The molecule has 1 aromatic carbocycles. The van der Waals surface area contributed by atoms with Crippen LogP contribution in [0.25, 0.3) is 0 Å². The van der Waals surface area contributed by atoms with Gasteiger partial charge in [-0.15, -0.1) is 11.3 Å². The fraction of sp³-hybridized carbons (Fsp3) is 0.235. The molecule has 1 amide bonds. The van der Waals surface area contributed by atoms with Crippen LogP contribution in [0.2, 0.25) is 0 Å². The summed E-state index contributed by atoms with van der Waals surface area (Å²) in [6.45, 7) is 4.91. The molecule has 0 spiro atoms. The van der Waals surface area contributed by atoms with Gasteiger partial charge in [-0.3, -0.25) is 4.79 Å². The monoisotopic (exact) mass is 298 g/mol. The molecule has 0 radical (unpaired) electrons. The second-order valence-corrected chi connectivity index (χ2v) is 5.79. The molecular weight excluding hydrogens is 280 g/mol. The zero-order chi connectivity index (χ0) is 15.2. The molecule has 0 aliphatic rings. The molecule has 1 heterocycles. The first-order valence-electron chi connectivity index (χ1n) is 6.72. The van der Waals surface area contributed by atoms with Gasteiger partial charge < -0.3 is 11.1 Å². The summed E-state index contributed by atoms with van der Waals surface area (Å²) in [5, 5.41) is 4.90. The van der Waals surface area contributed by atoms with Gasteiger partial charge >= 0.3 is 0 Å². The maximum atomic E-state index is 12.1. The number of hydrogen-bond acceptors (Lipinski definition) is 3. The maximum Gasteiger partial charge on any atom is 0.251 e. The zero-order valence-corrected chi connectivity index (χ0v) is 13.0. The van der Waals surface area contributed by atoms with E-state index < -0.39 is 0 Å². The molecule has 0 bridgehead atoms. The number of nitrogens with one attached hydrogen (secondary N) is 1. The van der Waals surface area contributed by atoms with Crippen molar-refractivity contribution in [3.05, 3.63) is 56.8 Å². The van der Waals surface area contributed by atoms with Gasteiger partial charge in [-0.2, -0.15) is 0 Å². The maximum absolute atomic E-state index is 12.1. The van der Waals surface area contributed by atoms with E-state index in [1.165, 1.54) is 5.56 Å². The van der Waals surface area contributed by atoms with Gasteiger partial charge in [0.25, 0.3) is 5.91 Å². The van der Waals surface area contributed by atoms with Crippen molar-refractivity contribution in [1.82, 2.24) is 5.32 Å². The van der Waals surface area contributed by atoms with E-state index in [0.717, 1.165) is 16.0 Å². The van der Waals surface area contributed by atoms with Gasteiger partial charge in [-0.1, -0.05) is 17.9 Å². The smallest absolute Gasteiger partial charge is 0.251 e. The van der Waals surface area contributed by atoms with Crippen molar-refractivity contribution in [2.24, 2.45) is 5.73 Å². The molecule has 0 fully saturated rings. The predicted molar refractivity (Wildman–Crippen MR) is 87.3 cm³/mol. The lowest BCUT2D eigenvalue weighted by atomic mass is 10.1. The second kappa shape index (κ2) is 7.07. The number of hydrogen-bond donors (Lipinski definition) is 2. The molecule has 2 rings (SSSR count). The van der Waals surface area contributed by atoms with Crippen LogP contribution >= 0.6 is 11.3 Å². The van der Waals surface area contributed by atoms with Crippen molar-refractivity contribution in [2.75, 3.05) is 6.54 Å². The van der Waals surface area contributed by atoms with Crippen LogP contribution in [0.5, 0.6) is 0 Å². The van der Waals surface area contributed by atoms with E-state index in [-0.39, 0.29) is 5.91 Å². The van der Waals surface area contributed by atoms with E-state index in [2.05, 4.69) is 17.2 Å². The predicted octanol–water partition coefficient (Wildman–Crippen LogP) is 2.61. The molecule has 0 aliphatic carbocycles. The number of rotatable bonds is 3. The number of amides is 1. The Balaban J connectivity index is 1.97. The largest absolute Gasteiger partial charge is 0.347 e. The molecule has 1 aromatic heterocycles. The molecule has 0 saturated carbocycles. The average Bonchev–Trinajstić information content (AvgIpc) is 2.93. The van der Waals surface area contributed by atoms with Crippen LogP contribution in [0.3, 0.4) is 0 Å². The van der Waals surface area contributed by atoms with Crippen LogP contribution in [0, 0.1) is 25.7 Å². The van der Waals surface area contributed by atoms with E-state index in [1.54, 1.807) is 11.3 Å².